The lowest BCUT2D eigenvalue weighted by atomic mass is 10.4. The van der Waals surface area contributed by atoms with Gasteiger partial charge in [-0.3, -0.25) is 20.1 Å². The Kier molecular flexibility index (Phi) is 4.55. The van der Waals surface area contributed by atoms with Crippen LogP contribution >= 0.6 is 0 Å². The molecule has 0 radical (unpaired) electrons. The molecule has 0 unspecified atom stereocenters. The molecule has 1 aromatic heterocycles. The van der Waals surface area contributed by atoms with Crippen LogP contribution in [0.1, 0.15) is 5.69 Å². The molecular weight excluding hydrogens is 226 g/mol. The monoisotopic (exact) mass is 237 g/mol. The van der Waals surface area contributed by atoms with Crippen LogP contribution in [0.5, 0.6) is 5.88 Å². The number of hydrogen-bond donors (Lipinski definition) is 1. The highest BCUT2D eigenvalue weighted by atomic mass is 16.6. The van der Waals surface area contributed by atoms with Crippen molar-refractivity contribution in [2.75, 3.05) is 7.11 Å². The summed E-state index contributed by atoms with van der Waals surface area (Å²) in [6, 6.07) is 0. The van der Waals surface area contributed by atoms with Gasteiger partial charge in [-0.1, -0.05) is 0 Å². The molecule has 0 bridgehead atoms. The Morgan fingerprint density at radius 3 is 2.94 bits per heavy atom. The van der Waals surface area contributed by atoms with Gasteiger partial charge in [0.2, 0.25) is 5.88 Å². The van der Waals surface area contributed by atoms with Gasteiger partial charge in [-0.05, 0) is 0 Å². The summed E-state index contributed by atoms with van der Waals surface area (Å²) in [5.41, 5.74) is 5.27. The fraction of sp³-hybridized carbons (Fsp3) is 0.222. The van der Waals surface area contributed by atoms with Crippen LogP contribution in [0, 0.1) is 10.1 Å². The summed E-state index contributed by atoms with van der Waals surface area (Å²) in [6.45, 7) is 0.127. The molecule has 90 valence electrons. The lowest BCUT2D eigenvalue weighted by molar-refractivity contribution is -0.414. The van der Waals surface area contributed by atoms with Gasteiger partial charge in [0.1, 0.15) is 11.9 Å². The zero-order valence-corrected chi connectivity index (χ0v) is 9.11. The van der Waals surface area contributed by atoms with Crippen molar-refractivity contribution in [3.8, 4) is 5.88 Å². The third-order valence-electron chi connectivity index (χ3n) is 1.78. The predicted molar refractivity (Wildman–Crippen MR) is 60.0 cm³/mol. The molecule has 1 rings (SSSR count). The topological polar surface area (TPSA) is 117 Å². The van der Waals surface area contributed by atoms with Crippen molar-refractivity contribution in [2.45, 2.75) is 6.54 Å². The molecule has 0 atom stereocenters. The third-order valence-corrected chi connectivity index (χ3v) is 1.78. The zero-order valence-electron chi connectivity index (χ0n) is 9.11. The molecule has 17 heavy (non-hydrogen) atoms. The summed E-state index contributed by atoms with van der Waals surface area (Å²) in [4.78, 5) is 21.5. The lowest BCUT2D eigenvalue weighted by Crippen LogP contribution is -2.03. The molecule has 0 aromatic carbocycles. The molecule has 0 amide bonds. The fourth-order valence-electron chi connectivity index (χ4n) is 1.01. The number of ether oxygens (including phenoxy) is 1. The van der Waals surface area contributed by atoms with Gasteiger partial charge in [0.05, 0.1) is 24.8 Å². The first-order valence-electron chi connectivity index (χ1n) is 4.59. The summed E-state index contributed by atoms with van der Waals surface area (Å²) >= 11 is 0. The van der Waals surface area contributed by atoms with Gasteiger partial charge in [0, 0.05) is 12.4 Å². The van der Waals surface area contributed by atoms with Crippen LogP contribution in [-0.2, 0) is 6.54 Å². The van der Waals surface area contributed by atoms with E-state index >= 15 is 0 Å². The number of aromatic nitrogens is 2. The maximum atomic E-state index is 10.4. The molecule has 1 aromatic rings. The second kappa shape index (κ2) is 6.16. The smallest absolute Gasteiger partial charge is 0.302 e. The predicted octanol–water partition coefficient (Wildman–Crippen LogP) is 0.133. The van der Waals surface area contributed by atoms with E-state index in [1.54, 1.807) is 0 Å². The van der Waals surface area contributed by atoms with Crippen molar-refractivity contribution in [3.63, 3.8) is 0 Å². The van der Waals surface area contributed by atoms with Crippen LogP contribution in [0.3, 0.4) is 0 Å². The first kappa shape index (κ1) is 12.6. The Balaban J connectivity index is 2.73. The van der Waals surface area contributed by atoms with E-state index in [1.807, 2.05) is 0 Å². The molecule has 1 heterocycles. The highest BCUT2D eigenvalue weighted by Gasteiger charge is 2.06. The summed E-state index contributed by atoms with van der Waals surface area (Å²) in [5.74, 6) is 0.337. The third kappa shape index (κ3) is 3.52. The molecule has 0 aliphatic heterocycles. The Morgan fingerprint density at radius 1 is 1.65 bits per heavy atom. The lowest BCUT2D eigenvalue weighted by Gasteiger charge is -2.01. The second-order valence-electron chi connectivity index (χ2n) is 2.83. The molecule has 8 nitrogen and oxygen atoms in total. The standard InChI is InChI=1S/C9H11N5O3/c1-17-9-8(12-2-3-13-9)6-11-5-7(4-10)14(15)16/h2-5H,6,10H2,1H3. The zero-order chi connectivity index (χ0) is 12.7. The molecule has 0 aliphatic carbocycles. The van der Waals surface area contributed by atoms with Crippen LogP contribution in [0.2, 0.25) is 0 Å². The number of allylic oxidation sites excluding steroid dienone is 1. The maximum absolute atomic E-state index is 10.4. The van der Waals surface area contributed by atoms with E-state index in [4.69, 9.17) is 10.5 Å². The first-order chi connectivity index (χ1) is 8.19. The van der Waals surface area contributed by atoms with Crippen LogP contribution in [0.4, 0.5) is 0 Å². The van der Waals surface area contributed by atoms with E-state index in [1.165, 1.54) is 19.5 Å². The Hall–Kier alpha value is -2.51. The Morgan fingerprint density at radius 2 is 2.35 bits per heavy atom. The number of methoxy groups -OCH3 is 1. The van der Waals surface area contributed by atoms with Gasteiger partial charge in [-0.25, -0.2) is 4.98 Å². The minimum absolute atomic E-state index is 0.127. The number of nitrogens with zero attached hydrogens (tertiary/aromatic N) is 4. The van der Waals surface area contributed by atoms with Gasteiger partial charge in [-0.2, -0.15) is 0 Å². The van der Waals surface area contributed by atoms with Crippen molar-refractivity contribution in [3.05, 3.63) is 40.1 Å². The minimum atomic E-state index is -0.628. The number of aliphatic imine (C=N–C) groups is 1. The van der Waals surface area contributed by atoms with E-state index in [0.29, 0.717) is 11.6 Å². The molecule has 0 spiro atoms. The van der Waals surface area contributed by atoms with E-state index in [9.17, 15) is 10.1 Å². The van der Waals surface area contributed by atoms with Crippen LogP contribution in [0.15, 0.2) is 29.3 Å². The molecule has 2 N–H and O–H groups in total. The number of hydrogen-bond acceptors (Lipinski definition) is 7. The van der Waals surface area contributed by atoms with Crippen LogP contribution in [-0.4, -0.2) is 28.2 Å². The molecule has 0 fully saturated rings. The second-order valence-corrected chi connectivity index (χ2v) is 2.83. The summed E-state index contributed by atoms with van der Waals surface area (Å²) < 4.78 is 4.96. The SMILES string of the molecule is COc1nccnc1CN=CC(=CN)[N+](=O)[O-]. The minimum Gasteiger partial charge on any atom is -0.480 e. The molecule has 0 saturated carbocycles. The van der Waals surface area contributed by atoms with Crippen molar-refractivity contribution in [1.82, 2.24) is 9.97 Å². The van der Waals surface area contributed by atoms with Crippen LogP contribution in [0.25, 0.3) is 0 Å². The number of nitrogens with two attached hydrogens (primary N) is 1. The highest BCUT2D eigenvalue weighted by Crippen LogP contribution is 2.11. The number of nitro groups is 1. The highest BCUT2D eigenvalue weighted by molar-refractivity contribution is 5.75. The van der Waals surface area contributed by atoms with E-state index in [-0.39, 0.29) is 12.2 Å². The van der Waals surface area contributed by atoms with Gasteiger partial charge in [-0.15, -0.1) is 0 Å². The van der Waals surface area contributed by atoms with Crippen molar-refractivity contribution >= 4 is 6.21 Å². The largest absolute Gasteiger partial charge is 0.480 e. The Bertz CT molecular complexity index is 458. The molecule has 0 saturated heterocycles. The van der Waals surface area contributed by atoms with E-state index < -0.39 is 4.92 Å². The molecule has 0 aliphatic rings. The van der Waals surface area contributed by atoms with Gasteiger partial charge >= 0.3 is 5.70 Å². The van der Waals surface area contributed by atoms with Gasteiger partial charge in [0.25, 0.3) is 0 Å². The van der Waals surface area contributed by atoms with E-state index in [2.05, 4.69) is 15.0 Å². The average molecular weight is 237 g/mol. The molecule has 8 heteroatoms. The first-order valence-corrected chi connectivity index (χ1v) is 4.59. The summed E-state index contributed by atoms with van der Waals surface area (Å²) in [6.07, 6.45) is 4.90. The fourth-order valence-corrected chi connectivity index (χ4v) is 1.01. The summed E-state index contributed by atoms with van der Waals surface area (Å²) in [7, 11) is 1.46. The maximum Gasteiger partial charge on any atom is 0.302 e. The van der Waals surface area contributed by atoms with Crippen molar-refractivity contribution in [2.24, 2.45) is 10.7 Å². The van der Waals surface area contributed by atoms with Crippen LogP contribution < -0.4 is 10.5 Å². The van der Waals surface area contributed by atoms with Gasteiger partial charge in [0.15, 0.2) is 0 Å². The molecular formula is C9H11N5O3. The van der Waals surface area contributed by atoms with Crippen molar-refractivity contribution in [1.29, 1.82) is 0 Å². The quantitative estimate of drug-likeness (QED) is 0.442. The van der Waals surface area contributed by atoms with E-state index in [0.717, 1.165) is 12.4 Å². The number of rotatable bonds is 5. The van der Waals surface area contributed by atoms with Gasteiger partial charge < -0.3 is 10.5 Å². The average Bonchev–Trinajstić information content (AvgIpc) is 2.34. The van der Waals surface area contributed by atoms with Crippen molar-refractivity contribution < 1.29 is 9.66 Å². The Labute approximate surface area is 97.0 Å². The summed E-state index contributed by atoms with van der Waals surface area (Å²) in [5, 5.41) is 10.4. The normalized spacial score (nSPS) is 11.7.